The topological polar surface area (TPSA) is 59.6 Å². The predicted octanol–water partition coefficient (Wildman–Crippen LogP) is 5.15. The molecular weight excluding hydrogens is 387 g/mol. The van der Waals surface area contributed by atoms with Crippen molar-refractivity contribution in [3.8, 4) is 11.5 Å². The summed E-state index contributed by atoms with van der Waals surface area (Å²) in [6, 6.07) is 8.43. The van der Waals surface area contributed by atoms with Crippen LogP contribution in [-0.2, 0) is 11.2 Å². The van der Waals surface area contributed by atoms with Gasteiger partial charge in [0.2, 0.25) is 5.91 Å². The maximum absolute atomic E-state index is 12.6. The van der Waals surface area contributed by atoms with E-state index in [1.807, 2.05) is 26.0 Å². The molecule has 0 bridgehead atoms. The second-order valence-electron chi connectivity index (χ2n) is 6.48. The summed E-state index contributed by atoms with van der Waals surface area (Å²) in [5.74, 6) is 1.28. The van der Waals surface area contributed by atoms with E-state index < -0.39 is 6.04 Å². The van der Waals surface area contributed by atoms with E-state index in [4.69, 9.17) is 32.7 Å². The van der Waals surface area contributed by atoms with E-state index in [1.165, 1.54) is 0 Å². The first-order chi connectivity index (χ1) is 12.9. The number of carbonyl (C=O) groups excluding carboxylic acids is 1. The molecule has 5 nitrogen and oxygen atoms in total. The fourth-order valence-electron chi connectivity index (χ4n) is 2.97. The van der Waals surface area contributed by atoms with E-state index >= 15 is 0 Å². The molecule has 0 aliphatic carbocycles. The minimum absolute atomic E-state index is 0.135. The highest BCUT2D eigenvalue weighted by Crippen LogP contribution is 2.38. The summed E-state index contributed by atoms with van der Waals surface area (Å²) in [6.45, 7) is 6.24. The van der Waals surface area contributed by atoms with Gasteiger partial charge in [-0.2, -0.15) is 0 Å². The number of hydrogen-bond donors (Lipinski definition) is 2. The molecule has 2 atom stereocenters. The zero-order valence-corrected chi connectivity index (χ0v) is 16.9. The van der Waals surface area contributed by atoms with Gasteiger partial charge in [-0.15, -0.1) is 0 Å². The summed E-state index contributed by atoms with van der Waals surface area (Å²) in [7, 11) is 0. The molecule has 0 saturated carbocycles. The number of ether oxygens (including phenoxy) is 2. The highest BCUT2D eigenvalue weighted by Gasteiger charge is 2.23. The Bertz CT molecular complexity index is 857. The van der Waals surface area contributed by atoms with Gasteiger partial charge in [0.05, 0.1) is 28.0 Å². The first-order valence-electron chi connectivity index (χ1n) is 8.86. The standard InChI is InChI=1S/C20H22Cl2N2O3/c1-4-26-18-9-13-8-11(2)27-17(13)10-16(18)23-12(3)20(25)24-15-7-5-6-14(21)19(15)22/h5-7,9-12,23H,4,8H2,1-3H3,(H,24,25)/t11-,12+/m1/s1. The second kappa shape index (κ2) is 8.28. The van der Waals surface area contributed by atoms with Crippen molar-refractivity contribution in [3.05, 3.63) is 45.9 Å². The number of fused-ring (bicyclic) bond motifs is 1. The fraction of sp³-hybridized carbons (Fsp3) is 0.350. The fourth-order valence-corrected chi connectivity index (χ4v) is 3.31. The van der Waals surface area contributed by atoms with Crippen LogP contribution in [0.25, 0.3) is 0 Å². The van der Waals surface area contributed by atoms with Crippen LogP contribution in [0.2, 0.25) is 10.0 Å². The highest BCUT2D eigenvalue weighted by atomic mass is 35.5. The first kappa shape index (κ1) is 19.6. The van der Waals surface area contributed by atoms with Gasteiger partial charge in [0, 0.05) is 18.1 Å². The molecule has 1 aliphatic heterocycles. The van der Waals surface area contributed by atoms with Crippen LogP contribution in [0.15, 0.2) is 30.3 Å². The lowest BCUT2D eigenvalue weighted by Gasteiger charge is -2.19. The molecule has 0 fully saturated rings. The summed E-state index contributed by atoms with van der Waals surface area (Å²) < 4.78 is 11.6. The molecule has 1 amide bonds. The number of halogens is 2. The lowest BCUT2D eigenvalue weighted by Crippen LogP contribution is -2.32. The van der Waals surface area contributed by atoms with Crippen molar-refractivity contribution in [2.45, 2.75) is 39.3 Å². The van der Waals surface area contributed by atoms with E-state index in [1.54, 1.807) is 25.1 Å². The molecule has 1 heterocycles. The molecule has 0 aromatic heterocycles. The van der Waals surface area contributed by atoms with Crippen LogP contribution in [0.4, 0.5) is 11.4 Å². The number of carbonyl (C=O) groups is 1. The van der Waals surface area contributed by atoms with Crippen LogP contribution < -0.4 is 20.1 Å². The van der Waals surface area contributed by atoms with E-state index in [0.717, 1.165) is 17.7 Å². The molecule has 1 aliphatic rings. The smallest absolute Gasteiger partial charge is 0.246 e. The quantitative estimate of drug-likeness (QED) is 0.693. The number of rotatable bonds is 6. The molecule has 2 aromatic rings. The monoisotopic (exact) mass is 408 g/mol. The molecule has 27 heavy (non-hydrogen) atoms. The third-order valence-electron chi connectivity index (χ3n) is 4.27. The zero-order chi connectivity index (χ0) is 19.6. The molecule has 144 valence electrons. The Balaban J connectivity index is 1.76. The summed E-state index contributed by atoms with van der Waals surface area (Å²) in [6.07, 6.45) is 0.981. The number of benzene rings is 2. The van der Waals surface area contributed by atoms with E-state index in [-0.39, 0.29) is 12.0 Å². The first-order valence-corrected chi connectivity index (χ1v) is 9.62. The Morgan fingerprint density at radius 3 is 2.85 bits per heavy atom. The minimum atomic E-state index is -0.531. The van der Waals surface area contributed by atoms with Crippen molar-refractivity contribution in [1.29, 1.82) is 0 Å². The van der Waals surface area contributed by atoms with E-state index in [9.17, 15) is 4.79 Å². The normalized spacial score (nSPS) is 16.3. The van der Waals surface area contributed by atoms with Gasteiger partial charge in [-0.1, -0.05) is 29.3 Å². The molecule has 0 unspecified atom stereocenters. The summed E-state index contributed by atoms with van der Waals surface area (Å²) in [5.41, 5.74) is 2.29. The minimum Gasteiger partial charge on any atom is -0.492 e. The SMILES string of the molecule is CCOc1cc2c(cc1N[C@@H](C)C(=O)Nc1cccc(Cl)c1Cl)O[C@H](C)C2. The Kier molecular flexibility index (Phi) is 6.02. The number of nitrogens with one attached hydrogen (secondary N) is 2. The largest absolute Gasteiger partial charge is 0.492 e. The maximum atomic E-state index is 12.6. The van der Waals surface area contributed by atoms with Crippen LogP contribution in [0, 0.1) is 0 Å². The maximum Gasteiger partial charge on any atom is 0.246 e. The number of anilines is 2. The van der Waals surface area contributed by atoms with Crippen molar-refractivity contribution in [3.63, 3.8) is 0 Å². The van der Waals surface area contributed by atoms with Gasteiger partial charge in [-0.05, 0) is 39.0 Å². The van der Waals surface area contributed by atoms with Crippen LogP contribution in [0.3, 0.4) is 0 Å². The third kappa shape index (κ3) is 4.42. The molecule has 2 aromatic carbocycles. The van der Waals surface area contributed by atoms with Gasteiger partial charge in [-0.25, -0.2) is 0 Å². The van der Waals surface area contributed by atoms with Gasteiger partial charge >= 0.3 is 0 Å². The van der Waals surface area contributed by atoms with Gasteiger partial charge in [-0.3, -0.25) is 4.79 Å². The summed E-state index contributed by atoms with van der Waals surface area (Å²) >= 11 is 12.1. The lowest BCUT2D eigenvalue weighted by atomic mass is 10.1. The van der Waals surface area contributed by atoms with E-state index in [2.05, 4.69) is 10.6 Å². The highest BCUT2D eigenvalue weighted by molar-refractivity contribution is 6.44. The zero-order valence-electron chi connectivity index (χ0n) is 15.4. The van der Waals surface area contributed by atoms with Crippen LogP contribution in [-0.4, -0.2) is 24.7 Å². The van der Waals surface area contributed by atoms with Gasteiger partial charge in [0.25, 0.3) is 0 Å². The predicted molar refractivity (Wildman–Crippen MR) is 110 cm³/mol. The van der Waals surface area contributed by atoms with Crippen LogP contribution >= 0.6 is 23.2 Å². The van der Waals surface area contributed by atoms with Crippen molar-refractivity contribution < 1.29 is 14.3 Å². The van der Waals surface area contributed by atoms with Crippen molar-refractivity contribution in [1.82, 2.24) is 0 Å². The Hall–Kier alpha value is -2.11. The molecule has 0 saturated heterocycles. The van der Waals surface area contributed by atoms with Crippen LogP contribution in [0.5, 0.6) is 11.5 Å². The third-order valence-corrected chi connectivity index (χ3v) is 5.09. The summed E-state index contributed by atoms with van der Waals surface area (Å²) in [5, 5.41) is 6.69. The molecule has 0 radical (unpaired) electrons. The molecule has 7 heteroatoms. The lowest BCUT2D eigenvalue weighted by molar-refractivity contribution is -0.116. The van der Waals surface area contributed by atoms with Crippen molar-refractivity contribution >= 4 is 40.5 Å². The Morgan fingerprint density at radius 2 is 2.11 bits per heavy atom. The van der Waals surface area contributed by atoms with Gasteiger partial charge in [0.15, 0.2) is 0 Å². The van der Waals surface area contributed by atoms with E-state index in [0.29, 0.717) is 33.8 Å². The Morgan fingerprint density at radius 1 is 1.33 bits per heavy atom. The second-order valence-corrected chi connectivity index (χ2v) is 7.26. The number of hydrogen-bond acceptors (Lipinski definition) is 4. The molecule has 0 spiro atoms. The van der Waals surface area contributed by atoms with Crippen LogP contribution in [0.1, 0.15) is 26.3 Å². The molecule has 3 rings (SSSR count). The van der Waals surface area contributed by atoms with Crippen molar-refractivity contribution in [2.75, 3.05) is 17.2 Å². The summed E-state index contributed by atoms with van der Waals surface area (Å²) in [4.78, 5) is 12.6. The Labute approximate surface area is 168 Å². The average molecular weight is 409 g/mol. The van der Waals surface area contributed by atoms with Gasteiger partial charge < -0.3 is 20.1 Å². The molecule has 2 N–H and O–H groups in total. The average Bonchev–Trinajstić information content (AvgIpc) is 2.98. The molecular formula is C20H22Cl2N2O3. The van der Waals surface area contributed by atoms with Gasteiger partial charge in [0.1, 0.15) is 23.6 Å². The number of amides is 1. The van der Waals surface area contributed by atoms with Crippen molar-refractivity contribution in [2.24, 2.45) is 0 Å².